The van der Waals surface area contributed by atoms with Crippen LogP contribution in [0.1, 0.15) is 61.8 Å². The molecule has 0 aromatic carbocycles. The third-order valence-corrected chi connectivity index (χ3v) is 3.45. The van der Waals surface area contributed by atoms with Gasteiger partial charge in [-0.05, 0) is 55.4 Å². The van der Waals surface area contributed by atoms with Crippen LogP contribution in [0.5, 0.6) is 0 Å². The second-order valence-corrected chi connectivity index (χ2v) is 8.49. The Hall–Kier alpha value is -1.99. The third kappa shape index (κ3) is 8.60. The number of aliphatic carboxylic acids is 1. The highest BCUT2D eigenvalue weighted by Crippen LogP contribution is 2.23. The summed E-state index contributed by atoms with van der Waals surface area (Å²) in [4.78, 5) is 36.9. The Bertz CT molecular complexity index is 502. The Balaban J connectivity index is 5.36. The highest BCUT2D eigenvalue weighted by atomic mass is 16.6. The Morgan fingerprint density at radius 3 is 1.76 bits per heavy atom. The molecule has 0 saturated heterocycles. The van der Waals surface area contributed by atoms with Crippen molar-refractivity contribution in [2.45, 2.75) is 84.6 Å². The fourth-order valence-electron chi connectivity index (χ4n) is 1.90. The second kappa shape index (κ2) is 7.93. The molecule has 146 valence electrons. The van der Waals surface area contributed by atoms with Gasteiger partial charge in [0.15, 0.2) is 0 Å². The van der Waals surface area contributed by atoms with Crippen LogP contribution in [0.3, 0.4) is 0 Å². The molecule has 25 heavy (non-hydrogen) atoms. The molecule has 0 bridgehead atoms. The standard InChI is InChI=1S/C17H32N2O6/c1-15(2,3)24-13(22)18-11(10-12(20)21)17(7,8)19(9)14(23)25-16(4,5)6/h11H,10H2,1-9H3,(H,18,22)(H,20,21). The lowest BCUT2D eigenvalue weighted by Gasteiger charge is -2.42. The number of amides is 2. The van der Waals surface area contributed by atoms with Crippen LogP contribution in [0.4, 0.5) is 9.59 Å². The largest absolute Gasteiger partial charge is 0.481 e. The molecule has 1 atom stereocenters. The number of nitrogens with one attached hydrogen (secondary N) is 1. The lowest BCUT2D eigenvalue weighted by Crippen LogP contribution is -2.60. The second-order valence-electron chi connectivity index (χ2n) is 8.49. The molecule has 2 N–H and O–H groups in total. The van der Waals surface area contributed by atoms with Crippen LogP contribution < -0.4 is 5.32 Å². The molecule has 0 aromatic heterocycles. The lowest BCUT2D eigenvalue weighted by molar-refractivity contribution is -0.138. The molecule has 0 heterocycles. The van der Waals surface area contributed by atoms with Crippen LogP contribution in [0.25, 0.3) is 0 Å². The number of rotatable bonds is 5. The van der Waals surface area contributed by atoms with Crippen LogP contribution in [0.15, 0.2) is 0 Å². The number of likely N-dealkylation sites (N-methyl/N-ethyl adjacent to an activating group) is 1. The maximum atomic E-state index is 12.3. The summed E-state index contributed by atoms with van der Waals surface area (Å²) in [6.45, 7) is 13.6. The van der Waals surface area contributed by atoms with Gasteiger partial charge < -0.3 is 24.8 Å². The topological polar surface area (TPSA) is 105 Å². The summed E-state index contributed by atoms with van der Waals surface area (Å²) in [6.07, 6.45) is -1.73. The van der Waals surface area contributed by atoms with E-state index in [1.165, 1.54) is 11.9 Å². The van der Waals surface area contributed by atoms with E-state index in [0.29, 0.717) is 0 Å². The number of ether oxygens (including phenoxy) is 2. The quantitative estimate of drug-likeness (QED) is 0.781. The van der Waals surface area contributed by atoms with E-state index in [1.54, 1.807) is 55.4 Å². The summed E-state index contributed by atoms with van der Waals surface area (Å²) in [5, 5.41) is 11.7. The molecule has 0 aliphatic carbocycles. The lowest BCUT2D eigenvalue weighted by atomic mass is 9.90. The van der Waals surface area contributed by atoms with E-state index in [4.69, 9.17) is 9.47 Å². The monoisotopic (exact) mass is 360 g/mol. The fourth-order valence-corrected chi connectivity index (χ4v) is 1.90. The van der Waals surface area contributed by atoms with Gasteiger partial charge in [0.25, 0.3) is 0 Å². The molecule has 0 aliphatic heterocycles. The average Bonchev–Trinajstić information content (AvgIpc) is 2.31. The van der Waals surface area contributed by atoms with Gasteiger partial charge in [-0.1, -0.05) is 0 Å². The normalized spacial score (nSPS) is 13.6. The number of carbonyl (C=O) groups excluding carboxylic acids is 2. The minimum atomic E-state index is -1.10. The van der Waals surface area contributed by atoms with Gasteiger partial charge in [0.1, 0.15) is 11.2 Å². The SMILES string of the molecule is CN(C(=O)OC(C)(C)C)C(C)(C)C(CC(=O)O)NC(=O)OC(C)(C)C. The van der Waals surface area contributed by atoms with Gasteiger partial charge in [-0.3, -0.25) is 4.79 Å². The molecular weight excluding hydrogens is 328 g/mol. The maximum absolute atomic E-state index is 12.3. The first-order valence-electron chi connectivity index (χ1n) is 8.14. The van der Waals surface area contributed by atoms with E-state index in [-0.39, 0.29) is 6.42 Å². The van der Waals surface area contributed by atoms with E-state index >= 15 is 0 Å². The summed E-state index contributed by atoms with van der Waals surface area (Å²) in [7, 11) is 1.50. The maximum Gasteiger partial charge on any atom is 0.410 e. The van der Waals surface area contributed by atoms with Crippen molar-refractivity contribution in [3.63, 3.8) is 0 Å². The van der Waals surface area contributed by atoms with Gasteiger partial charge in [-0.15, -0.1) is 0 Å². The Morgan fingerprint density at radius 2 is 1.40 bits per heavy atom. The Labute approximate surface area is 149 Å². The van der Waals surface area contributed by atoms with Crippen molar-refractivity contribution >= 4 is 18.2 Å². The number of carboxylic acid groups (broad SMARTS) is 1. The predicted molar refractivity (Wildman–Crippen MR) is 93.5 cm³/mol. The van der Waals surface area contributed by atoms with E-state index in [9.17, 15) is 19.5 Å². The highest BCUT2D eigenvalue weighted by molar-refractivity contribution is 5.73. The number of carbonyl (C=O) groups is 3. The Morgan fingerprint density at radius 1 is 0.960 bits per heavy atom. The summed E-state index contributed by atoms with van der Waals surface area (Å²) < 4.78 is 10.5. The predicted octanol–water partition coefficient (Wildman–Crippen LogP) is 3.00. The molecule has 0 aromatic rings. The number of hydrogen-bond donors (Lipinski definition) is 2. The Kier molecular flexibility index (Phi) is 7.30. The molecule has 0 fully saturated rings. The molecule has 8 heteroatoms. The van der Waals surface area contributed by atoms with Crippen molar-refractivity contribution in [1.29, 1.82) is 0 Å². The van der Waals surface area contributed by atoms with E-state index in [2.05, 4.69) is 5.32 Å². The van der Waals surface area contributed by atoms with Gasteiger partial charge in [-0.2, -0.15) is 0 Å². The van der Waals surface area contributed by atoms with Crippen LogP contribution in [0, 0.1) is 0 Å². The molecule has 1 unspecified atom stereocenters. The zero-order valence-corrected chi connectivity index (χ0v) is 16.7. The summed E-state index contributed by atoms with van der Waals surface area (Å²) >= 11 is 0. The first kappa shape index (κ1) is 23.0. The number of hydrogen-bond acceptors (Lipinski definition) is 5. The first-order valence-corrected chi connectivity index (χ1v) is 8.14. The van der Waals surface area contributed by atoms with Gasteiger partial charge in [-0.25, -0.2) is 9.59 Å². The van der Waals surface area contributed by atoms with Gasteiger partial charge in [0, 0.05) is 7.05 Å². The minimum Gasteiger partial charge on any atom is -0.481 e. The third-order valence-electron chi connectivity index (χ3n) is 3.45. The van der Waals surface area contributed by atoms with Crippen molar-refractivity contribution < 1.29 is 29.0 Å². The molecule has 2 amide bonds. The van der Waals surface area contributed by atoms with Crippen molar-refractivity contribution in [3.8, 4) is 0 Å². The number of carboxylic acids is 1. The zero-order valence-electron chi connectivity index (χ0n) is 16.7. The van der Waals surface area contributed by atoms with Gasteiger partial charge >= 0.3 is 18.2 Å². The highest BCUT2D eigenvalue weighted by Gasteiger charge is 2.40. The van der Waals surface area contributed by atoms with Crippen molar-refractivity contribution in [2.24, 2.45) is 0 Å². The molecule has 0 radical (unpaired) electrons. The molecule has 0 saturated carbocycles. The summed E-state index contributed by atoms with van der Waals surface area (Å²) in [5.41, 5.74) is -2.45. The van der Waals surface area contributed by atoms with E-state index in [1.807, 2.05) is 0 Å². The van der Waals surface area contributed by atoms with E-state index in [0.717, 1.165) is 0 Å². The van der Waals surface area contributed by atoms with Crippen LogP contribution in [-0.2, 0) is 14.3 Å². The van der Waals surface area contributed by atoms with Crippen LogP contribution in [0.2, 0.25) is 0 Å². The van der Waals surface area contributed by atoms with Crippen molar-refractivity contribution in [1.82, 2.24) is 10.2 Å². The van der Waals surface area contributed by atoms with Crippen molar-refractivity contribution in [3.05, 3.63) is 0 Å². The molecular formula is C17H32N2O6. The fraction of sp³-hybridized carbons (Fsp3) is 0.824. The van der Waals surface area contributed by atoms with E-state index < -0.39 is 40.9 Å². The van der Waals surface area contributed by atoms with Gasteiger partial charge in [0.2, 0.25) is 0 Å². The van der Waals surface area contributed by atoms with Crippen molar-refractivity contribution in [2.75, 3.05) is 7.05 Å². The molecule has 0 spiro atoms. The number of alkyl carbamates (subject to hydrolysis) is 1. The van der Waals surface area contributed by atoms with Gasteiger partial charge in [0.05, 0.1) is 18.0 Å². The summed E-state index contributed by atoms with van der Waals surface area (Å²) in [6, 6.07) is -0.877. The molecule has 0 aliphatic rings. The molecule has 8 nitrogen and oxygen atoms in total. The average molecular weight is 360 g/mol. The smallest absolute Gasteiger partial charge is 0.410 e. The minimum absolute atomic E-state index is 0.376. The number of nitrogens with zero attached hydrogens (tertiary/aromatic N) is 1. The molecule has 0 rings (SSSR count). The van der Waals surface area contributed by atoms with Crippen LogP contribution >= 0.6 is 0 Å². The first-order chi connectivity index (χ1) is 11.0. The summed E-state index contributed by atoms with van der Waals surface area (Å²) in [5.74, 6) is -1.10. The zero-order chi connectivity index (χ0) is 20.2. The van der Waals surface area contributed by atoms with Crippen LogP contribution in [-0.4, -0.2) is 58.0 Å².